The van der Waals surface area contributed by atoms with E-state index >= 15 is 0 Å². The van der Waals surface area contributed by atoms with E-state index in [0.29, 0.717) is 17.6 Å². The van der Waals surface area contributed by atoms with Crippen LogP contribution in [0, 0.1) is 6.92 Å². The quantitative estimate of drug-likeness (QED) is 0.712. The number of methoxy groups -OCH3 is 1. The number of nitrogens with one attached hydrogen (secondary N) is 1. The molecule has 3 heterocycles. The average molecular weight is 369 g/mol. The van der Waals surface area contributed by atoms with Gasteiger partial charge >= 0.3 is 0 Å². The van der Waals surface area contributed by atoms with Crippen molar-refractivity contribution in [2.24, 2.45) is 7.05 Å². The molecule has 142 valence electrons. The van der Waals surface area contributed by atoms with E-state index in [0.717, 1.165) is 11.4 Å². The molecule has 1 amide bonds. The van der Waals surface area contributed by atoms with Crippen molar-refractivity contribution < 1.29 is 9.53 Å². The Kier molecular flexibility index (Phi) is 5.36. The Balaban J connectivity index is 2.02. The van der Waals surface area contributed by atoms with Gasteiger partial charge in [-0.05, 0) is 32.0 Å². The van der Waals surface area contributed by atoms with E-state index in [2.05, 4.69) is 15.4 Å². The van der Waals surface area contributed by atoms with Crippen molar-refractivity contribution in [2.45, 2.75) is 26.4 Å². The first-order chi connectivity index (χ1) is 13.0. The van der Waals surface area contributed by atoms with Gasteiger partial charge in [-0.15, -0.1) is 0 Å². The zero-order chi connectivity index (χ0) is 19.6. The molecule has 0 aliphatic rings. The number of aryl methyl sites for hydroxylation is 3. The van der Waals surface area contributed by atoms with Crippen LogP contribution >= 0.6 is 0 Å². The Hall–Kier alpha value is -3.00. The van der Waals surface area contributed by atoms with Gasteiger partial charge in [-0.3, -0.25) is 14.3 Å². The summed E-state index contributed by atoms with van der Waals surface area (Å²) in [5.41, 5.74) is 1.94. The highest BCUT2D eigenvalue weighted by molar-refractivity contribution is 5.97. The number of carbonyl (C=O) groups excluding carboxylic acids is 1. The molecule has 0 aromatic carbocycles. The highest BCUT2D eigenvalue weighted by Crippen LogP contribution is 2.14. The molecule has 8 nitrogen and oxygen atoms in total. The minimum absolute atomic E-state index is 0.0817. The molecule has 27 heavy (non-hydrogen) atoms. The summed E-state index contributed by atoms with van der Waals surface area (Å²) in [5.74, 6) is -0.451. The number of hydrogen-bond acceptors (Lipinski definition) is 5. The Bertz CT molecular complexity index is 1040. The lowest BCUT2D eigenvalue weighted by Crippen LogP contribution is -2.35. The topological polar surface area (TPSA) is 91.0 Å². The molecule has 3 aromatic heterocycles. The van der Waals surface area contributed by atoms with Crippen LogP contribution < -0.4 is 10.7 Å². The van der Waals surface area contributed by atoms with Crippen LogP contribution in [0.15, 0.2) is 35.4 Å². The van der Waals surface area contributed by atoms with E-state index in [4.69, 9.17) is 4.74 Å². The number of carbonyl (C=O) groups is 1. The second-order valence-electron chi connectivity index (χ2n) is 6.34. The van der Waals surface area contributed by atoms with Gasteiger partial charge in [0.05, 0.1) is 23.7 Å². The first-order valence-corrected chi connectivity index (χ1v) is 8.74. The highest BCUT2D eigenvalue weighted by Gasteiger charge is 2.22. The largest absolute Gasteiger partial charge is 0.382 e. The van der Waals surface area contributed by atoms with Crippen LogP contribution in [0.2, 0.25) is 0 Å². The average Bonchev–Trinajstić information content (AvgIpc) is 3.07. The van der Waals surface area contributed by atoms with E-state index in [1.54, 1.807) is 49.4 Å². The molecule has 8 heteroatoms. The number of ether oxygens (including phenoxy) is 1. The van der Waals surface area contributed by atoms with Gasteiger partial charge < -0.3 is 14.6 Å². The second-order valence-corrected chi connectivity index (χ2v) is 6.34. The molecule has 0 radical (unpaired) electrons. The van der Waals surface area contributed by atoms with Crippen LogP contribution in [-0.2, 0) is 18.3 Å². The van der Waals surface area contributed by atoms with Crippen LogP contribution in [0.5, 0.6) is 0 Å². The fourth-order valence-corrected chi connectivity index (χ4v) is 3.09. The Labute approximate surface area is 156 Å². The molecular formula is C19H23N5O3. The summed E-state index contributed by atoms with van der Waals surface area (Å²) >= 11 is 0. The van der Waals surface area contributed by atoms with Gasteiger partial charge in [0, 0.05) is 38.8 Å². The van der Waals surface area contributed by atoms with Crippen molar-refractivity contribution in [3.8, 4) is 0 Å². The first-order valence-electron chi connectivity index (χ1n) is 8.74. The minimum Gasteiger partial charge on any atom is -0.382 e. The Morgan fingerprint density at radius 3 is 2.74 bits per heavy atom. The van der Waals surface area contributed by atoms with Gasteiger partial charge in [0.2, 0.25) is 5.43 Å². The smallest absolute Gasteiger partial charge is 0.257 e. The summed E-state index contributed by atoms with van der Waals surface area (Å²) in [6, 6.07) is 4.88. The van der Waals surface area contributed by atoms with E-state index in [9.17, 15) is 9.59 Å². The number of pyridine rings is 2. The number of hydrogen-bond donors (Lipinski definition) is 1. The molecule has 3 aromatic rings. The molecule has 0 saturated carbocycles. The number of nitrogens with zero attached hydrogens (tertiary/aromatic N) is 4. The Morgan fingerprint density at radius 1 is 1.33 bits per heavy atom. The maximum atomic E-state index is 12.9. The normalized spacial score (nSPS) is 12.3. The third-order valence-corrected chi connectivity index (χ3v) is 4.50. The minimum atomic E-state index is -0.451. The van der Waals surface area contributed by atoms with Gasteiger partial charge in [0.15, 0.2) is 0 Å². The maximum absolute atomic E-state index is 12.9. The van der Waals surface area contributed by atoms with Crippen molar-refractivity contribution >= 4 is 16.9 Å². The van der Waals surface area contributed by atoms with Crippen molar-refractivity contribution in [2.75, 3.05) is 13.7 Å². The lowest BCUT2D eigenvalue weighted by Gasteiger charge is -2.19. The number of fused-ring (bicyclic) bond motifs is 1. The van der Waals surface area contributed by atoms with Gasteiger partial charge in [-0.1, -0.05) is 0 Å². The van der Waals surface area contributed by atoms with Crippen LogP contribution in [0.1, 0.15) is 34.7 Å². The molecule has 0 aliphatic heterocycles. The Morgan fingerprint density at radius 2 is 2.11 bits per heavy atom. The van der Waals surface area contributed by atoms with E-state index in [1.807, 2.05) is 18.4 Å². The lowest BCUT2D eigenvalue weighted by atomic mass is 10.1. The van der Waals surface area contributed by atoms with Crippen LogP contribution in [0.4, 0.5) is 0 Å². The molecule has 0 aliphatic carbocycles. The maximum Gasteiger partial charge on any atom is 0.257 e. The van der Waals surface area contributed by atoms with Crippen LogP contribution in [-0.4, -0.2) is 39.0 Å². The summed E-state index contributed by atoms with van der Waals surface area (Å²) in [7, 11) is 3.35. The number of rotatable bonds is 6. The van der Waals surface area contributed by atoms with Crippen molar-refractivity contribution in [1.29, 1.82) is 0 Å². The van der Waals surface area contributed by atoms with E-state index in [-0.39, 0.29) is 17.6 Å². The van der Waals surface area contributed by atoms with Gasteiger partial charge in [-0.2, -0.15) is 5.10 Å². The predicted molar refractivity (Wildman–Crippen MR) is 102 cm³/mol. The SMILES string of the molecule is CCn1cc(C(=O)N[C@@H](COC)c2ccnn2C)c(=O)c2ccc(C)nc21. The zero-order valence-corrected chi connectivity index (χ0v) is 15.9. The molecule has 0 fully saturated rings. The summed E-state index contributed by atoms with van der Waals surface area (Å²) in [6.45, 7) is 4.67. The molecule has 3 rings (SSSR count). The highest BCUT2D eigenvalue weighted by atomic mass is 16.5. The van der Waals surface area contributed by atoms with Crippen LogP contribution in [0.25, 0.3) is 11.0 Å². The third-order valence-electron chi connectivity index (χ3n) is 4.50. The van der Waals surface area contributed by atoms with E-state index in [1.165, 1.54) is 0 Å². The monoisotopic (exact) mass is 369 g/mol. The molecule has 0 saturated heterocycles. The van der Waals surface area contributed by atoms with Crippen LogP contribution in [0.3, 0.4) is 0 Å². The van der Waals surface area contributed by atoms with E-state index < -0.39 is 11.9 Å². The summed E-state index contributed by atoms with van der Waals surface area (Å²) in [5, 5.41) is 7.45. The van der Waals surface area contributed by atoms with Gasteiger partial charge in [0.1, 0.15) is 11.2 Å². The lowest BCUT2D eigenvalue weighted by molar-refractivity contribution is 0.0890. The number of amides is 1. The second kappa shape index (κ2) is 7.71. The molecule has 1 N–H and O–H groups in total. The number of aromatic nitrogens is 4. The van der Waals surface area contributed by atoms with Gasteiger partial charge in [0.25, 0.3) is 5.91 Å². The first kappa shape index (κ1) is 18.8. The summed E-state index contributed by atoms with van der Waals surface area (Å²) in [6.07, 6.45) is 3.22. The van der Waals surface area contributed by atoms with Crippen molar-refractivity contribution in [3.05, 3.63) is 57.8 Å². The molecular weight excluding hydrogens is 346 g/mol. The fraction of sp³-hybridized carbons (Fsp3) is 0.368. The van der Waals surface area contributed by atoms with Crippen molar-refractivity contribution in [3.63, 3.8) is 0 Å². The standard InChI is InChI=1S/C19H23N5O3/c1-5-24-10-14(17(25)13-7-6-12(2)21-18(13)24)19(26)22-15(11-27-4)16-8-9-20-23(16)3/h6-10,15H,5,11H2,1-4H3,(H,22,26)/t15-/m0/s1. The van der Waals surface area contributed by atoms with Crippen molar-refractivity contribution in [1.82, 2.24) is 24.6 Å². The molecule has 0 bridgehead atoms. The third kappa shape index (κ3) is 3.61. The predicted octanol–water partition coefficient (Wildman–Crippen LogP) is 1.58. The molecule has 1 atom stereocenters. The fourth-order valence-electron chi connectivity index (χ4n) is 3.09. The van der Waals surface area contributed by atoms with Gasteiger partial charge in [-0.25, -0.2) is 4.98 Å². The summed E-state index contributed by atoms with van der Waals surface area (Å²) in [4.78, 5) is 30.2. The molecule has 0 spiro atoms. The molecule has 0 unspecified atom stereocenters. The zero-order valence-electron chi connectivity index (χ0n) is 15.9. The summed E-state index contributed by atoms with van der Waals surface area (Å²) < 4.78 is 8.71.